The minimum atomic E-state index is 0.582. The Morgan fingerprint density at radius 2 is 2.39 bits per heavy atom. The molecular weight excluding hydrogens is 266 g/mol. The van der Waals surface area contributed by atoms with E-state index in [9.17, 15) is 0 Å². The molecule has 1 heterocycles. The van der Waals surface area contributed by atoms with E-state index in [1.807, 2.05) is 19.1 Å². The Bertz CT molecular complexity index is 562. The summed E-state index contributed by atoms with van der Waals surface area (Å²) in [6, 6.07) is 9.24. The highest BCUT2D eigenvalue weighted by Gasteiger charge is 2.01. The lowest BCUT2D eigenvalue weighted by Crippen LogP contribution is -2.00. The summed E-state index contributed by atoms with van der Waals surface area (Å²) < 4.78 is 10.6. The third-order valence-electron chi connectivity index (χ3n) is 2.05. The van der Waals surface area contributed by atoms with E-state index in [0.29, 0.717) is 12.2 Å². The molecule has 0 radical (unpaired) electrons. The fourth-order valence-corrected chi connectivity index (χ4v) is 2.82. The second-order valence-corrected chi connectivity index (χ2v) is 5.54. The molecule has 0 amide bonds. The van der Waals surface area contributed by atoms with Crippen molar-refractivity contribution < 1.29 is 4.74 Å². The lowest BCUT2D eigenvalue weighted by atomic mass is 10.2. The number of hydrogen-bond donors (Lipinski definition) is 0. The van der Waals surface area contributed by atoms with Crippen LogP contribution in [0.25, 0.3) is 0 Å². The molecule has 0 aliphatic heterocycles. The number of aryl methyl sites for hydroxylation is 1. The minimum Gasteiger partial charge on any atom is -0.493 e. The molecule has 0 unspecified atom stereocenters. The van der Waals surface area contributed by atoms with E-state index in [0.717, 1.165) is 21.7 Å². The second kappa shape index (κ2) is 6.38. The van der Waals surface area contributed by atoms with Crippen LogP contribution in [-0.2, 0) is 0 Å². The summed E-state index contributed by atoms with van der Waals surface area (Å²) >= 11 is 3.03. The number of rotatable bonds is 5. The molecule has 1 aromatic heterocycles. The quantitative estimate of drug-likeness (QED) is 0.621. The van der Waals surface area contributed by atoms with Crippen LogP contribution >= 0.6 is 23.3 Å². The third kappa shape index (κ3) is 3.72. The van der Waals surface area contributed by atoms with Crippen LogP contribution in [0.5, 0.6) is 5.75 Å². The summed E-state index contributed by atoms with van der Waals surface area (Å²) in [5.41, 5.74) is 0.611. The van der Waals surface area contributed by atoms with Gasteiger partial charge in [0.25, 0.3) is 0 Å². The van der Waals surface area contributed by atoms with Gasteiger partial charge in [-0.2, -0.15) is 9.64 Å². The maximum absolute atomic E-state index is 8.76. The molecular formula is C12H11N3OS2. The highest BCUT2D eigenvalue weighted by molar-refractivity contribution is 8.00. The van der Waals surface area contributed by atoms with Crippen LogP contribution in [0.15, 0.2) is 28.6 Å². The maximum Gasteiger partial charge on any atom is 0.170 e. The van der Waals surface area contributed by atoms with E-state index in [1.165, 1.54) is 11.5 Å². The van der Waals surface area contributed by atoms with Gasteiger partial charge in [-0.1, -0.05) is 17.8 Å². The molecule has 6 heteroatoms. The van der Waals surface area contributed by atoms with Gasteiger partial charge < -0.3 is 4.74 Å². The van der Waals surface area contributed by atoms with Crippen LogP contribution < -0.4 is 4.74 Å². The SMILES string of the molecule is Cc1nsc(SCCOc2cccc(C#N)c2)n1. The number of benzene rings is 1. The molecule has 0 fully saturated rings. The van der Waals surface area contributed by atoms with E-state index in [-0.39, 0.29) is 0 Å². The predicted molar refractivity (Wildman–Crippen MR) is 72.0 cm³/mol. The molecule has 0 saturated carbocycles. The van der Waals surface area contributed by atoms with Gasteiger partial charge in [-0.25, -0.2) is 4.98 Å². The topological polar surface area (TPSA) is 58.8 Å². The molecule has 0 aliphatic carbocycles. The van der Waals surface area contributed by atoms with Crippen molar-refractivity contribution in [1.82, 2.24) is 9.36 Å². The zero-order chi connectivity index (χ0) is 12.8. The Hall–Kier alpha value is -1.58. The summed E-state index contributed by atoms with van der Waals surface area (Å²) in [7, 11) is 0. The van der Waals surface area contributed by atoms with Crippen LogP contribution in [0.3, 0.4) is 0 Å². The number of ether oxygens (including phenoxy) is 1. The average Bonchev–Trinajstić information content (AvgIpc) is 2.81. The minimum absolute atomic E-state index is 0.582. The first-order valence-electron chi connectivity index (χ1n) is 5.34. The molecule has 1 aromatic carbocycles. The summed E-state index contributed by atoms with van der Waals surface area (Å²) in [5, 5.41) is 8.76. The van der Waals surface area contributed by atoms with Crippen LogP contribution in [0, 0.1) is 18.3 Å². The number of hydrogen-bond acceptors (Lipinski definition) is 6. The molecule has 0 bridgehead atoms. The Morgan fingerprint density at radius 3 is 3.11 bits per heavy atom. The second-order valence-electron chi connectivity index (χ2n) is 3.44. The largest absolute Gasteiger partial charge is 0.493 e. The first-order valence-corrected chi connectivity index (χ1v) is 7.10. The summed E-state index contributed by atoms with van der Waals surface area (Å²) in [6.07, 6.45) is 0. The van der Waals surface area contributed by atoms with E-state index >= 15 is 0 Å². The van der Waals surface area contributed by atoms with Gasteiger partial charge >= 0.3 is 0 Å². The van der Waals surface area contributed by atoms with Crippen LogP contribution in [0.2, 0.25) is 0 Å². The van der Waals surface area contributed by atoms with Gasteiger partial charge in [-0.3, -0.25) is 0 Å². The van der Waals surface area contributed by atoms with E-state index in [1.54, 1.807) is 23.9 Å². The molecule has 0 aliphatic rings. The number of nitriles is 1. The van der Waals surface area contributed by atoms with Gasteiger partial charge in [-0.05, 0) is 36.7 Å². The Labute approximate surface area is 114 Å². The molecule has 0 atom stereocenters. The van der Waals surface area contributed by atoms with E-state index < -0.39 is 0 Å². The monoisotopic (exact) mass is 277 g/mol. The molecule has 2 rings (SSSR count). The third-order valence-corrected chi connectivity index (χ3v) is 3.94. The lowest BCUT2D eigenvalue weighted by molar-refractivity contribution is 0.344. The Balaban J connectivity index is 1.77. The summed E-state index contributed by atoms with van der Waals surface area (Å²) in [6.45, 7) is 2.46. The van der Waals surface area contributed by atoms with Crippen molar-refractivity contribution in [2.45, 2.75) is 11.3 Å². The van der Waals surface area contributed by atoms with Gasteiger partial charge in [0.2, 0.25) is 0 Å². The summed E-state index contributed by atoms with van der Waals surface area (Å²) in [4.78, 5) is 4.25. The molecule has 2 aromatic rings. The number of thioether (sulfide) groups is 1. The van der Waals surface area contributed by atoms with Crippen molar-refractivity contribution >= 4 is 23.3 Å². The van der Waals surface area contributed by atoms with Gasteiger partial charge in [0.15, 0.2) is 4.34 Å². The zero-order valence-electron chi connectivity index (χ0n) is 9.79. The fraction of sp³-hybridized carbons (Fsp3) is 0.250. The van der Waals surface area contributed by atoms with Gasteiger partial charge in [0.1, 0.15) is 11.6 Å². The summed E-state index contributed by atoms with van der Waals surface area (Å²) in [5.74, 6) is 2.35. The lowest BCUT2D eigenvalue weighted by Gasteiger charge is -2.04. The Kier molecular flexibility index (Phi) is 4.56. The van der Waals surface area contributed by atoms with Crippen LogP contribution in [0.1, 0.15) is 11.4 Å². The van der Waals surface area contributed by atoms with Crippen molar-refractivity contribution in [3.05, 3.63) is 35.7 Å². The molecule has 0 spiro atoms. The first kappa shape index (κ1) is 12.9. The number of nitrogens with zero attached hydrogens (tertiary/aromatic N) is 3. The van der Waals surface area contributed by atoms with Gasteiger partial charge in [0.05, 0.1) is 18.2 Å². The zero-order valence-corrected chi connectivity index (χ0v) is 11.4. The predicted octanol–water partition coefficient (Wildman–Crippen LogP) is 2.89. The van der Waals surface area contributed by atoms with Crippen molar-refractivity contribution in [2.24, 2.45) is 0 Å². The molecule has 4 nitrogen and oxygen atoms in total. The smallest absolute Gasteiger partial charge is 0.170 e. The number of aromatic nitrogens is 2. The molecule has 0 saturated heterocycles. The Morgan fingerprint density at radius 1 is 1.50 bits per heavy atom. The first-order chi connectivity index (χ1) is 8.78. The van der Waals surface area contributed by atoms with Crippen molar-refractivity contribution in [3.8, 4) is 11.8 Å². The van der Waals surface area contributed by atoms with E-state index in [2.05, 4.69) is 15.4 Å². The average molecular weight is 277 g/mol. The highest BCUT2D eigenvalue weighted by atomic mass is 32.2. The van der Waals surface area contributed by atoms with Crippen molar-refractivity contribution in [1.29, 1.82) is 5.26 Å². The van der Waals surface area contributed by atoms with Gasteiger partial charge in [0, 0.05) is 5.75 Å². The van der Waals surface area contributed by atoms with Crippen molar-refractivity contribution in [3.63, 3.8) is 0 Å². The van der Waals surface area contributed by atoms with Crippen LogP contribution in [0.4, 0.5) is 0 Å². The van der Waals surface area contributed by atoms with Gasteiger partial charge in [-0.15, -0.1) is 0 Å². The molecule has 0 N–H and O–H groups in total. The van der Waals surface area contributed by atoms with Crippen LogP contribution in [-0.4, -0.2) is 21.7 Å². The normalized spacial score (nSPS) is 10.0. The standard InChI is InChI=1S/C12H11N3OS2/c1-9-14-12(18-15-9)17-6-5-16-11-4-2-3-10(7-11)8-13/h2-4,7H,5-6H2,1H3. The molecule has 18 heavy (non-hydrogen) atoms. The van der Waals surface area contributed by atoms with Crippen molar-refractivity contribution in [2.75, 3.05) is 12.4 Å². The molecule has 92 valence electrons. The van der Waals surface area contributed by atoms with E-state index in [4.69, 9.17) is 10.00 Å². The maximum atomic E-state index is 8.76. The highest BCUT2D eigenvalue weighted by Crippen LogP contribution is 2.20. The fourth-order valence-electron chi connectivity index (χ4n) is 1.28.